The van der Waals surface area contributed by atoms with Crippen LogP contribution in [0.3, 0.4) is 0 Å². The predicted molar refractivity (Wildman–Crippen MR) is 71.0 cm³/mol. The van der Waals surface area contributed by atoms with Gasteiger partial charge < -0.3 is 9.88 Å². The number of nitrogens with zero attached hydrogens (tertiary/aromatic N) is 2. The van der Waals surface area contributed by atoms with Crippen LogP contribution in [0.1, 0.15) is 44.9 Å². The number of nitrogens with one attached hydrogen (secondary N) is 1. The van der Waals surface area contributed by atoms with Crippen molar-refractivity contribution in [2.45, 2.75) is 51.5 Å². The van der Waals surface area contributed by atoms with E-state index in [1.807, 2.05) is 12.4 Å². The smallest absolute Gasteiger partial charge is 0.108 e. The third kappa shape index (κ3) is 3.32. The molecule has 2 rings (SSSR count). The first-order chi connectivity index (χ1) is 8.31. The van der Waals surface area contributed by atoms with Crippen molar-refractivity contribution in [1.82, 2.24) is 14.9 Å². The number of hydrogen-bond acceptors (Lipinski definition) is 2. The van der Waals surface area contributed by atoms with E-state index >= 15 is 0 Å². The molecule has 3 heteroatoms. The SMILES string of the molecule is CCNC(CCc1nccn1C)C1CCCC1. The number of hydrogen-bond donors (Lipinski definition) is 1. The number of imidazole rings is 1. The predicted octanol–water partition coefficient (Wildman–Crippen LogP) is 2.52. The highest BCUT2D eigenvalue weighted by molar-refractivity contribution is 4.93. The fourth-order valence-corrected chi connectivity index (χ4v) is 3.05. The molecule has 1 aromatic heterocycles. The van der Waals surface area contributed by atoms with Crippen LogP contribution in [0, 0.1) is 5.92 Å². The lowest BCUT2D eigenvalue weighted by Gasteiger charge is -2.24. The van der Waals surface area contributed by atoms with Crippen LogP contribution in [0.2, 0.25) is 0 Å². The van der Waals surface area contributed by atoms with Crippen molar-refractivity contribution < 1.29 is 0 Å². The number of rotatable bonds is 6. The van der Waals surface area contributed by atoms with Gasteiger partial charge in [0.2, 0.25) is 0 Å². The summed E-state index contributed by atoms with van der Waals surface area (Å²) in [6.07, 6.45) is 11.9. The minimum absolute atomic E-state index is 0.694. The Morgan fingerprint density at radius 3 is 2.82 bits per heavy atom. The largest absolute Gasteiger partial charge is 0.338 e. The summed E-state index contributed by atoms with van der Waals surface area (Å²) < 4.78 is 2.14. The third-order valence-electron chi connectivity index (χ3n) is 4.04. The molecule has 0 saturated heterocycles. The highest BCUT2D eigenvalue weighted by atomic mass is 15.0. The summed E-state index contributed by atoms with van der Waals surface area (Å²) in [4.78, 5) is 4.41. The van der Waals surface area contributed by atoms with E-state index in [1.165, 1.54) is 37.9 Å². The van der Waals surface area contributed by atoms with Gasteiger partial charge in [0.15, 0.2) is 0 Å². The van der Waals surface area contributed by atoms with E-state index < -0.39 is 0 Å². The zero-order chi connectivity index (χ0) is 12.1. The molecule has 0 amide bonds. The Labute approximate surface area is 105 Å². The fraction of sp³-hybridized carbons (Fsp3) is 0.786. The highest BCUT2D eigenvalue weighted by Gasteiger charge is 2.24. The van der Waals surface area contributed by atoms with Crippen molar-refractivity contribution in [3.63, 3.8) is 0 Å². The van der Waals surface area contributed by atoms with Crippen LogP contribution in [0.5, 0.6) is 0 Å². The van der Waals surface area contributed by atoms with Gasteiger partial charge >= 0.3 is 0 Å². The Morgan fingerprint density at radius 1 is 1.47 bits per heavy atom. The molecule has 3 nitrogen and oxygen atoms in total. The molecule has 1 unspecified atom stereocenters. The molecule has 1 atom stereocenters. The Hall–Kier alpha value is -0.830. The Kier molecular flexibility index (Phi) is 4.60. The molecule has 1 aliphatic rings. The quantitative estimate of drug-likeness (QED) is 0.821. The van der Waals surface area contributed by atoms with E-state index in [2.05, 4.69) is 28.8 Å². The maximum Gasteiger partial charge on any atom is 0.108 e. The van der Waals surface area contributed by atoms with E-state index in [0.717, 1.165) is 18.9 Å². The van der Waals surface area contributed by atoms with Gasteiger partial charge in [-0.1, -0.05) is 19.8 Å². The van der Waals surface area contributed by atoms with Gasteiger partial charge in [-0.3, -0.25) is 0 Å². The molecule has 0 bridgehead atoms. The fourth-order valence-electron chi connectivity index (χ4n) is 3.05. The first-order valence-electron chi connectivity index (χ1n) is 7.01. The summed E-state index contributed by atoms with van der Waals surface area (Å²) in [6, 6.07) is 0.694. The van der Waals surface area contributed by atoms with Gasteiger partial charge in [-0.25, -0.2) is 4.98 Å². The van der Waals surface area contributed by atoms with E-state index in [-0.39, 0.29) is 0 Å². The van der Waals surface area contributed by atoms with Crippen molar-refractivity contribution in [2.75, 3.05) is 6.54 Å². The van der Waals surface area contributed by atoms with Crippen LogP contribution >= 0.6 is 0 Å². The molecule has 1 N–H and O–H groups in total. The zero-order valence-electron chi connectivity index (χ0n) is 11.2. The van der Waals surface area contributed by atoms with E-state index in [1.54, 1.807) is 0 Å². The average molecular weight is 235 g/mol. The van der Waals surface area contributed by atoms with Crippen LogP contribution in [-0.2, 0) is 13.5 Å². The van der Waals surface area contributed by atoms with Gasteiger partial charge in [-0.2, -0.15) is 0 Å². The second kappa shape index (κ2) is 6.20. The van der Waals surface area contributed by atoms with Crippen molar-refractivity contribution in [2.24, 2.45) is 13.0 Å². The van der Waals surface area contributed by atoms with Crippen LogP contribution in [0.15, 0.2) is 12.4 Å². The normalized spacial score (nSPS) is 18.7. The minimum atomic E-state index is 0.694. The highest BCUT2D eigenvalue weighted by Crippen LogP contribution is 2.29. The Bertz CT molecular complexity index is 326. The summed E-state index contributed by atoms with van der Waals surface area (Å²) in [7, 11) is 2.08. The first kappa shape index (κ1) is 12.6. The molecular weight excluding hydrogens is 210 g/mol. The third-order valence-corrected chi connectivity index (χ3v) is 4.04. The van der Waals surface area contributed by atoms with Gasteiger partial charge in [-0.15, -0.1) is 0 Å². The van der Waals surface area contributed by atoms with Gasteiger partial charge in [-0.05, 0) is 31.7 Å². The Balaban J connectivity index is 1.86. The molecule has 96 valence electrons. The molecule has 1 aliphatic carbocycles. The summed E-state index contributed by atoms with van der Waals surface area (Å²) in [6.45, 7) is 3.30. The maximum absolute atomic E-state index is 4.41. The second-order valence-corrected chi connectivity index (χ2v) is 5.20. The molecule has 1 aromatic rings. The Morgan fingerprint density at radius 2 is 2.24 bits per heavy atom. The van der Waals surface area contributed by atoms with Crippen LogP contribution in [-0.4, -0.2) is 22.1 Å². The number of aromatic nitrogens is 2. The lowest BCUT2D eigenvalue weighted by atomic mass is 9.94. The summed E-state index contributed by atoms with van der Waals surface area (Å²) in [5, 5.41) is 3.67. The van der Waals surface area contributed by atoms with Crippen molar-refractivity contribution >= 4 is 0 Å². The summed E-state index contributed by atoms with van der Waals surface area (Å²) in [5.74, 6) is 2.11. The van der Waals surface area contributed by atoms with E-state index in [9.17, 15) is 0 Å². The zero-order valence-corrected chi connectivity index (χ0v) is 11.2. The lowest BCUT2D eigenvalue weighted by Crippen LogP contribution is -2.35. The monoisotopic (exact) mass is 235 g/mol. The van der Waals surface area contributed by atoms with Crippen LogP contribution < -0.4 is 5.32 Å². The van der Waals surface area contributed by atoms with Crippen LogP contribution in [0.25, 0.3) is 0 Å². The van der Waals surface area contributed by atoms with Gasteiger partial charge in [0.25, 0.3) is 0 Å². The van der Waals surface area contributed by atoms with Crippen molar-refractivity contribution in [3.05, 3.63) is 18.2 Å². The molecular formula is C14H25N3. The lowest BCUT2D eigenvalue weighted by molar-refractivity contribution is 0.343. The van der Waals surface area contributed by atoms with Gasteiger partial charge in [0, 0.05) is 31.9 Å². The molecule has 17 heavy (non-hydrogen) atoms. The van der Waals surface area contributed by atoms with Crippen molar-refractivity contribution in [3.8, 4) is 0 Å². The minimum Gasteiger partial charge on any atom is -0.338 e. The van der Waals surface area contributed by atoms with E-state index in [4.69, 9.17) is 0 Å². The standard InChI is InChI=1S/C14H25N3/c1-3-15-13(12-6-4-5-7-12)8-9-14-16-10-11-17(14)2/h10-13,15H,3-9H2,1-2H3. The summed E-state index contributed by atoms with van der Waals surface area (Å²) in [5.41, 5.74) is 0. The first-order valence-corrected chi connectivity index (χ1v) is 7.01. The maximum atomic E-state index is 4.41. The molecule has 1 saturated carbocycles. The van der Waals surface area contributed by atoms with E-state index in [0.29, 0.717) is 6.04 Å². The molecule has 0 radical (unpaired) electrons. The molecule has 1 fully saturated rings. The second-order valence-electron chi connectivity index (χ2n) is 5.20. The van der Waals surface area contributed by atoms with Crippen molar-refractivity contribution in [1.29, 1.82) is 0 Å². The van der Waals surface area contributed by atoms with Crippen LogP contribution in [0.4, 0.5) is 0 Å². The van der Waals surface area contributed by atoms with Gasteiger partial charge in [0.1, 0.15) is 5.82 Å². The molecule has 1 heterocycles. The topological polar surface area (TPSA) is 29.9 Å². The average Bonchev–Trinajstić information content (AvgIpc) is 2.96. The van der Waals surface area contributed by atoms with Gasteiger partial charge in [0.05, 0.1) is 0 Å². The summed E-state index contributed by atoms with van der Waals surface area (Å²) >= 11 is 0. The molecule has 0 aromatic carbocycles. The molecule has 0 spiro atoms. The number of aryl methyl sites for hydroxylation is 2. The molecule has 0 aliphatic heterocycles.